The number of rotatable bonds is 21. The number of hydrogen-bond acceptors (Lipinski definition) is 7. The molecule has 0 saturated heterocycles. The summed E-state index contributed by atoms with van der Waals surface area (Å²) in [6, 6.07) is 36.3. The fraction of sp³-hybridized carbons (Fsp3) is 0.375. The van der Waals surface area contributed by atoms with Crippen molar-refractivity contribution >= 4 is 66.2 Å². The first-order chi connectivity index (χ1) is 27.1. The first-order valence-corrected chi connectivity index (χ1v) is 23.1. The summed E-state index contributed by atoms with van der Waals surface area (Å²) in [5, 5.41) is 3.58. The molecule has 0 spiro atoms. The highest BCUT2D eigenvalue weighted by atomic mass is 32.1. The van der Waals surface area contributed by atoms with Gasteiger partial charge in [0, 0.05) is 61.3 Å². The molecule has 7 rings (SSSR count). The van der Waals surface area contributed by atoms with Crippen LogP contribution in [0.5, 0.6) is 0 Å². The largest absolute Gasteiger partial charge is 0.385 e. The molecular formula is C48H56N4S3. The van der Waals surface area contributed by atoms with E-state index in [1.54, 1.807) is 0 Å². The number of thiophene rings is 2. The minimum absolute atomic E-state index is 0.981. The third-order valence-corrected chi connectivity index (χ3v) is 13.6. The molecule has 0 bridgehead atoms. The number of fused-ring (bicyclic) bond motifs is 2. The van der Waals surface area contributed by atoms with Crippen LogP contribution in [0.1, 0.15) is 97.8 Å². The predicted octanol–water partition coefficient (Wildman–Crippen LogP) is 15.6. The second-order valence-electron chi connectivity index (χ2n) is 14.9. The molecule has 286 valence electrons. The molecule has 0 aliphatic heterocycles. The van der Waals surface area contributed by atoms with Crippen molar-refractivity contribution in [3.63, 3.8) is 0 Å². The second kappa shape index (κ2) is 19.7. The van der Waals surface area contributed by atoms with Crippen LogP contribution in [0.2, 0.25) is 0 Å². The van der Waals surface area contributed by atoms with Crippen LogP contribution in [-0.2, 0) is 0 Å². The van der Waals surface area contributed by atoms with Gasteiger partial charge in [0.05, 0.1) is 11.7 Å². The average molecular weight is 785 g/mol. The van der Waals surface area contributed by atoms with E-state index in [4.69, 9.17) is 8.75 Å². The molecule has 0 aliphatic carbocycles. The average Bonchev–Trinajstić information content (AvgIpc) is 3.97. The predicted molar refractivity (Wildman–Crippen MR) is 246 cm³/mol. The number of nitrogens with one attached hydrogen (secondary N) is 1. The molecule has 7 heteroatoms. The number of hydrogen-bond donors (Lipinski definition) is 1. The van der Waals surface area contributed by atoms with E-state index in [1.807, 2.05) is 22.7 Å². The summed E-state index contributed by atoms with van der Waals surface area (Å²) in [5.74, 6) is 0. The van der Waals surface area contributed by atoms with Crippen molar-refractivity contribution in [2.24, 2.45) is 0 Å². The summed E-state index contributed by atoms with van der Waals surface area (Å²) >= 11 is 5.03. The van der Waals surface area contributed by atoms with Gasteiger partial charge in [-0.2, -0.15) is 8.75 Å². The Labute approximate surface area is 341 Å². The first-order valence-electron chi connectivity index (χ1n) is 20.7. The molecule has 55 heavy (non-hydrogen) atoms. The van der Waals surface area contributed by atoms with Crippen molar-refractivity contribution in [1.82, 2.24) is 8.75 Å². The molecule has 1 N–H and O–H groups in total. The zero-order chi connectivity index (χ0) is 37.8. The highest BCUT2D eigenvalue weighted by Crippen LogP contribution is 2.44. The van der Waals surface area contributed by atoms with Gasteiger partial charge in [-0.1, -0.05) is 139 Å². The molecule has 0 atom stereocenters. The van der Waals surface area contributed by atoms with Crippen molar-refractivity contribution in [1.29, 1.82) is 0 Å². The summed E-state index contributed by atoms with van der Waals surface area (Å²) in [5.41, 5.74) is 11.8. The monoisotopic (exact) mass is 784 g/mol. The van der Waals surface area contributed by atoms with Crippen LogP contribution >= 0.6 is 34.4 Å². The third-order valence-electron chi connectivity index (χ3n) is 10.7. The zero-order valence-electron chi connectivity index (χ0n) is 32.9. The van der Waals surface area contributed by atoms with Gasteiger partial charge < -0.3 is 10.2 Å². The lowest BCUT2D eigenvalue weighted by atomic mass is 9.98. The van der Waals surface area contributed by atoms with E-state index in [0.29, 0.717) is 0 Å². The van der Waals surface area contributed by atoms with Gasteiger partial charge in [-0.25, -0.2) is 0 Å². The van der Waals surface area contributed by atoms with Crippen LogP contribution in [0.15, 0.2) is 97.1 Å². The molecule has 0 radical (unpaired) electrons. The fourth-order valence-corrected chi connectivity index (χ4v) is 10.5. The smallest absolute Gasteiger partial charge is 0.114 e. The van der Waals surface area contributed by atoms with E-state index < -0.39 is 0 Å². The van der Waals surface area contributed by atoms with Gasteiger partial charge in [0.15, 0.2) is 0 Å². The molecular weight excluding hydrogens is 729 g/mol. The van der Waals surface area contributed by atoms with Gasteiger partial charge in [-0.15, -0.1) is 22.7 Å². The maximum absolute atomic E-state index is 4.82. The minimum atomic E-state index is 0.981. The van der Waals surface area contributed by atoms with E-state index in [0.717, 1.165) is 36.2 Å². The summed E-state index contributed by atoms with van der Waals surface area (Å²) in [7, 11) is 0. The van der Waals surface area contributed by atoms with Crippen molar-refractivity contribution in [3.8, 4) is 43.1 Å². The van der Waals surface area contributed by atoms with Crippen molar-refractivity contribution in [2.75, 3.05) is 29.9 Å². The molecule has 7 aromatic rings. The normalized spacial score (nSPS) is 11.5. The SMILES string of the molecule is CCCCCCNc1ccc(-c2cc3sc(-c4ccc(-c5ccc(-c6ccc(N(CCCCCC)CCCCCC)cc6)cc5)c5nsnc45)cc3s2)cc1. The van der Waals surface area contributed by atoms with Gasteiger partial charge in [-0.05, 0) is 77.9 Å². The Bertz CT molecular complexity index is 2170. The van der Waals surface area contributed by atoms with Crippen molar-refractivity contribution in [3.05, 3.63) is 97.1 Å². The molecule has 4 aromatic carbocycles. The number of unbranched alkanes of at least 4 members (excludes halogenated alkanes) is 9. The molecule has 3 aromatic heterocycles. The van der Waals surface area contributed by atoms with Crippen LogP contribution in [0, 0.1) is 0 Å². The first kappa shape index (κ1) is 39.2. The fourth-order valence-electron chi connectivity index (χ4n) is 7.48. The van der Waals surface area contributed by atoms with E-state index >= 15 is 0 Å². The Hall–Kier alpha value is -4.04. The Kier molecular flexibility index (Phi) is 14.0. The third kappa shape index (κ3) is 9.86. The number of anilines is 2. The minimum Gasteiger partial charge on any atom is -0.385 e. The molecule has 0 unspecified atom stereocenters. The van der Waals surface area contributed by atoms with Crippen LogP contribution < -0.4 is 10.2 Å². The maximum Gasteiger partial charge on any atom is 0.114 e. The Morgan fingerprint density at radius 1 is 0.491 bits per heavy atom. The number of nitrogens with zero attached hydrogens (tertiary/aromatic N) is 3. The number of benzene rings is 4. The molecule has 0 saturated carbocycles. The lowest BCUT2D eigenvalue weighted by molar-refractivity contribution is 0.609. The van der Waals surface area contributed by atoms with Crippen LogP contribution in [0.25, 0.3) is 63.6 Å². The molecule has 0 fully saturated rings. The highest BCUT2D eigenvalue weighted by Gasteiger charge is 2.17. The van der Waals surface area contributed by atoms with Crippen LogP contribution in [-0.4, -0.2) is 28.4 Å². The standard InChI is InChI=1S/C48H56N4S3/c1-4-7-10-13-30-49-39-24-20-38(21-25-39)43-33-45-46(53-43)34-44(54-45)42-29-28-41(47-48(42)51-55-50-47)37-18-16-35(17-19-37)36-22-26-40(27-23-36)52(31-14-11-8-5-2)32-15-12-9-6-3/h16-29,33-34,49H,4-15,30-32H2,1-3H3. The summed E-state index contributed by atoms with van der Waals surface area (Å²) in [6.45, 7) is 10.2. The quantitative estimate of drug-likeness (QED) is 0.0737. The maximum atomic E-state index is 4.82. The molecule has 0 amide bonds. The summed E-state index contributed by atoms with van der Waals surface area (Å²) in [6.07, 6.45) is 15.5. The number of aromatic nitrogens is 2. The molecule has 4 nitrogen and oxygen atoms in total. The van der Waals surface area contributed by atoms with Gasteiger partial charge in [0.2, 0.25) is 0 Å². The summed E-state index contributed by atoms with van der Waals surface area (Å²) < 4.78 is 12.3. The highest BCUT2D eigenvalue weighted by molar-refractivity contribution is 7.31. The molecule has 3 heterocycles. The van der Waals surface area contributed by atoms with Gasteiger partial charge in [0.25, 0.3) is 0 Å². The van der Waals surface area contributed by atoms with Crippen molar-refractivity contribution in [2.45, 2.75) is 97.8 Å². The Morgan fingerprint density at radius 3 is 1.64 bits per heavy atom. The van der Waals surface area contributed by atoms with Crippen LogP contribution in [0.4, 0.5) is 11.4 Å². The molecule has 0 aliphatic rings. The Morgan fingerprint density at radius 2 is 1.00 bits per heavy atom. The van der Waals surface area contributed by atoms with Gasteiger partial charge in [0.1, 0.15) is 11.0 Å². The van der Waals surface area contributed by atoms with Gasteiger partial charge in [-0.3, -0.25) is 0 Å². The second-order valence-corrected chi connectivity index (χ2v) is 17.6. The lowest BCUT2D eigenvalue weighted by Crippen LogP contribution is -2.25. The van der Waals surface area contributed by atoms with Crippen molar-refractivity contribution < 1.29 is 0 Å². The summed E-state index contributed by atoms with van der Waals surface area (Å²) in [4.78, 5) is 5.17. The lowest BCUT2D eigenvalue weighted by Gasteiger charge is -2.25. The van der Waals surface area contributed by atoms with E-state index in [9.17, 15) is 0 Å². The van der Waals surface area contributed by atoms with E-state index in [-0.39, 0.29) is 0 Å². The Balaban J connectivity index is 1.03. The zero-order valence-corrected chi connectivity index (χ0v) is 35.4. The van der Waals surface area contributed by atoms with Crippen LogP contribution in [0.3, 0.4) is 0 Å². The van der Waals surface area contributed by atoms with E-state index in [2.05, 4.69) is 128 Å². The van der Waals surface area contributed by atoms with Gasteiger partial charge >= 0.3 is 0 Å². The van der Waals surface area contributed by atoms with E-state index in [1.165, 1.54) is 147 Å². The topological polar surface area (TPSA) is 41.0 Å².